The number of hydrogen-bond acceptors (Lipinski definition) is 5. The molecule has 76 heavy (non-hydrogen) atoms. The van der Waals surface area contributed by atoms with Crippen LogP contribution < -0.4 is 5.32 Å². The smallest absolute Gasteiger partial charge is 0.305 e. The number of carbonyl (C=O) groups excluding carboxylic acids is 2. The van der Waals surface area contributed by atoms with Crippen molar-refractivity contribution in [2.24, 2.45) is 0 Å². The van der Waals surface area contributed by atoms with Crippen molar-refractivity contribution in [1.82, 2.24) is 5.32 Å². The highest BCUT2D eigenvalue weighted by molar-refractivity contribution is 5.76. The van der Waals surface area contributed by atoms with Gasteiger partial charge in [0.05, 0.1) is 25.4 Å². The van der Waals surface area contributed by atoms with Crippen LogP contribution in [0.25, 0.3) is 0 Å². The zero-order chi connectivity index (χ0) is 55.0. The van der Waals surface area contributed by atoms with Crippen LogP contribution in [-0.2, 0) is 14.3 Å². The molecule has 0 aromatic carbocycles. The molecule has 0 heterocycles. The van der Waals surface area contributed by atoms with Gasteiger partial charge in [-0.2, -0.15) is 0 Å². The van der Waals surface area contributed by atoms with Crippen LogP contribution in [0.3, 0.4) is 0 Å². The Bertz CT molecular complexity index is 1270. The van der Waals surface area contributed by atoms with Crippen LogP contribution >= 0.6 is 0 Å². The third-order valence-corrected chi connectivity index (χ3v) is 15.6. The molecular formula is C70H131NO5. The van der Waals surface area contributed by atoms with Gasteiger partial charge in [-0.15, -0.1) is 0 Å². The molecule has 0 aromatic heterocycles. The van der Waals surface area contributed by atoms with Crippen molar-refractivity contribution in [3.63, 3.8) is 0 Å². The number of aliphatic hydroxyl groups is 2. The molecule has 6 nitrogen and oxygen atoms in total. The zero-order valence-corrected chi connectivity index (χ0v) is 51.0. The van der Waals surface area contributed by atoms with Crippen molar-refractivity contribution in [2.75, 3.05) is 13.2 Å². The molecule has 2 atom stereocenters. The number of carbonyl (C=O) groups is 2. The van der Waals surface area contributed by atoms with Crippen molar-refractivity contribution in [1.29, 1.82) is 0 Å². The first-order valence-electron chi connectivity index (χ1n) is 33.9. The highest BCUT2D eigenvalue weighted by Crippen LogP contribution is 2.18. The maximum absolute atomic E-state index is 12.5. The number of nitrogens with one attached hydrogen (secondary N) is 1. The number of hydrogen-bond donors (Lipinski definition) is 3. The molecule has 0 aliphatic rings. The average Bonchev–Trinajstić information content (AvgIpc) is 3.42. The topological polar surface area (TPSA) is 95.9 Å². The lowest BCUT2D eigenvalue weighted by atomic mass is 10.0. The number of esters is 1. The number of allylic oxidation sites excluding steroid dienone is 8. The molecule has 0 fully saturated rings. The summed E-state index contributed by atoms with van der Waals surface area (Å²) in [5.74, 6) is -0.0343. The molecule has 0 saturated heterocycles. The predicted molar refractivity (Wildman–Crippen MR) is 333 cm³/mol. The van der Waals surface area contributed by atoms with Gasteiger partial charge in [0.1, 0.15) is 0 Å². The molecule has 0 saturated carbocycles. The molecule has 1 amide bonds. The molecule has 446 valence electrons. The van der Waals surface area contributed by atoms with E-state index >= 15 is 0 Å². The third-order valence-electron chi connectivity index (χ3n) is 15.6. The van der Waals surface area contributed by atoms with Gasteiger partial charge in [-0.25, -0.2) is 0 Å². The molecular weight excluding hydrogens is 935 g/mol. The van der Waals surface area contributed by atoms with E-state index in [1.807, 2.05) is 0 Å². The van der Waals surface area contributed by atoms with Crippen molar-refractivity contribution >= 4 is 11.9 Å². The van der Waals surface area contributed by atoms with Crippen LogP contribution in [0.15, 0.2) is 48.6 Å². The van der Waals surface area contributed by atoms with Gasteiger partial charge in [0.25, 0.3) is 0 Å². The molecule has 0 aliphatic heterocycles. The quantitative estimate of drug-likeness (QED) is 0.0320. The van der Waals surface area contributed by atoms with E-state index in [2.05, 4.69) is 67.8 Å². The van der Waals surface area contributed by atoms with Gasteiger partial charge in [0.15, 0.2) is 0 Å². The largest absolute Gasteiger partial charge is 0.466 e. The Kier molecular flexibility index (Phi) is 63.5. The van der Waals surface area contributed by atoms with Gasteiger partial charge in [0, 0.05) is 12.8 Å². The van der Waals surface area contributed by atoms with Gasteiger partial charge < -0.3 is 20.3 Å². The lowest BCUT2D eigenvalue weighted by molar-refractivity contribution is -0.143. The van der Waals surface area contributed by atoms with Crippen molar-refractivity contribution in [3.05, 3.63) is 48.6 Å². The summed E-state index contributed by atoms with van der Waals surface area (Å²) in [6.07, 6.45) is 84.2. The molecule has 0 bridgehead atoms. The first kappa shape index (κ1) is 73.8. The van der Waals surface area contributed by atoms with Crippen molar-refractivity contribution in [3.8, 4) is 0 Å². The summed E-state index contributed by atoms with van der Waals surface area (Å²) in [6, 6.07) is -0.547. The molecule has 0 aliphatic carbocycles. The molecule has 0 aromatic rings. The van der Waals surface area contributed by atoms with Gasteiger partial charge in [0.2, 0.25) is 5.91 Å². The molecule has 0 radical (unpaired) electrons. The number of rotatable bonds is 63. The first-order chi connectivity index (χ1) is 37.5. The van der Waals surface area contributed by atoms with Crippen LogP contribution in [0.4, 0.5) is 0 Å². The van der Waals surface area contributed by atoms with E-state index in [1.54, 1.807) is 0 Å². The zero-order valence-electron chi connectivity index (χ0n) is 51.0. The van der Waals surface area contributed by atoms with Gasteiger partial charge in [-0.1, -0.05) is 306 Å². The Morgan fingerprint density at radius 3 is 1.03 bits per heavy atom. The summed E-state index contributed by atoms with van der Waals surface area (Å²) in [6.45, 7) is 4.94. The molecule has 3 N–H and O–H groups in total. The van der Waals surface area contributed by atoms with E-state index in [0.717, 1.165) is 57.8 Å². The van der Waals surface area contributed by atoms with E-state index in [0.29, 0.717) is 25.9 Å². The maximum atomic E-state index is 12.5. The van der Waals surface area contributed by atoms with E-state index in [4.69, 9.17) is 4.74 Å². The summed E-state index contributed by atoms with van der Waals surface area (Å²) in [4.78, 5) is 24.6. The molecule has 6 heteroatoms. The predicted octanol–water partition coefficient (Wildman–Crippen LogP) is 21.7. The maximum Gasteiger partial charge on any atom is 0.305 e. The van der Waals surface area contributed by atoms with Crippen molar-refractivity contribution < 1.29 is 24.5 Å². The van der Waals surface area contributed by atoms with Crippen LogP contribution in [0.1, 0.15) is 361 Å². The number of aliphatic hydroxyl groups excluding tert-OH is 2. The van der Waals surface area contributed by atoms with Crippen LogP contribution in [0.5, 0.6) is 0 Å². The van der Waals surface area contributed by atoms with E-state index in [9.17, 15) is 19.8 Å². The second-order valence-corrected chi connectivity index (χ2v) is 23.1. The van der Waals surface area contributed by atoms with Crippen LogP contribution in [-0.4, -0.2) is 47.4 Å². The minimum absolute atomic E-state index is 0.00533. The standard InChI is InChI=1S/C70H131NO5/c1-3-5-7-9-11-13-15-17-19-20-28-32-36-40-44-48-52-56-60-64-70(75)76-65-61-57-53-49-45-41-37-33-30-27-25-23-21-22-24-26-29-31-35-39-43-47-51-55-59-63-69(74)71-67(66-72)68(73)62-58-54-50-46-42-38-34-18-16-14-12-10-8-6-4-2/h11,13,17,19,22-25,67-68,72-73H,3-10,12,14-16,18,20-21,26-66H2,1-2H3,(H,71,74)/b13-11-,19-17-,24-22-,25-23-. The van der Waals surface area contributed by atoms with Gasteiger partial charge in [-0.3, -0.25) is 9.59 Å². The second-order valence-electron chi connectivity index (χ2n) is 23.1. The first-order valence-corrected chi connectivity index (χ1v) is 33.9. The monoisotopic (exact) mass is 1070 g/mol. The van der Waals surface area contributed by atoms with Gasteiger partial charge in [-0.05, 0) is 89.9 Å². The minimum atomic E-state index is -0.669. The Labute approximate surface area is 474 Å². The number of ether oxygens (including phenoxy) is 1. The lowest BCUT2D eigenvalue weighted by Gasteiger charge is -2.22. The fraction of sp³-hybridized carbons (Fsp3) is 0.857. The SMILES string of the molecule is CCCCC/C=C\C/C=C\CCCCCCCCCCCC(=O)OCCCCCCCCCCC/C=C\C/C=C\CCCCCCCCCCCC(=O)NC(CO)C(O)CCCCCCCCCCCCCCCCC. The summed E-state index contributed by atoms with van der Waals surface area (Å²) in [7, 11) is 0. The summed E-state index contributed by atoms with van der Waals surface area (Å²) in [5.41, 5.74) is 0. The third kappa shape index (κ3) is 61.0. The summed E-state index contributed by atoms with van der Waals surface area (Å²) < 4.78 is 5.50. The average molecular weight is 1070 g/mol. The summed E-state index contributed by atoms with van der Waals surface area (Å²) >= 11 is 0. The lowest BCUT2D eigenvalue weighted by Crippen LogP contribution is -2.45. The Morgan fingerprint density at radius 2 is 0.658 bits per heavy atom. The highest BCUT2D eigenvalue weighted by atomic mass is 16.5. The number of amides is 1. The molecule has 2 unspecified atom stereocenters. The fourth-order valence-electron chi connectivity index (χ4n) is 10.4. The van der Waals surface area contributed by atoms with Crippen LogP contribution in [0, 0.1) is 0 Å². The fourth-order valence-corrected chi connectivity index (χ4v) is 10.4. The number of unbranched alkanes of at least 4 members (excludes halogenated alkanes) is 44. The Hall–Kier alpha value is -2.18. The minimum Gasteiger partial charge on any atom is -0.466 e. The Morgan fingerprint density at radius 1 is 0.368 bits per heavy atom. The normalized spacial score (nSPS) is 12.8. The molecule has 0 rings (SSSR count). The van der Waals surface area contributed by atoms with E-state index < -0.39 is 12.1 Å². The van der Waals surface area contributed by atoms with Gasteiger partial charge >= 0.3 is 5.97 Å². The van der Waals surface area contributed by atoms with Crippen molar-refractivity contribution in [2.45, 2.75) is 373 Å². The van der Waals surface area contributed by atoms with E-state index in [1.165, 1.54) is 270 Å². The molecule has 0 spiro atoms. The van der Waals surface area contributed by atoms with E-state index in [-0.39, 0.29) is 18.5 Å². The summed E-state index contributed by atoms with van der Waals surface area (Å²) in [5, 5.41) is 23.3. The highest BCUT2D eigenvalue weighted by Gasteiger charge is 2.20. The second kappa shape index (κ2) is 65.3. The van der Waals surface area contributed by atoms with Crippen LogP contribution in [0.2, 0.25) is 0 Å². The Balaban J connectivity index is 3.42.